The number of nitrogens with one attached hydrogen (secondary N) is 1. The topological polar surface area (TPSA) is 74.6 Å². The Bertz CT molecular complexity index is 842. The van der Waals surface area contributed by atoms with Gasteiger partial charge in [-0.25, -0.2) is 4.79 Å². The first-order valence-corrected chi connectivity index (χ1v) is 5.46. The van der Waals surface area contributed by atoms with Crippen molar-refractivity contribution in [2.75, 3.05) is 0 Å². The molecule has 0 saturated heterocycles. The summed E-state index contributed by atoms with van der Waals surface area (Å²) in [7, 11) is 0. The number of pyridine rings is 1. The van der Waals surface area contributed by atoms with Crippen LogP contribution in [-0.4, -0.2) is 20.5 Å². The number of hydrogen-bond donors (Lipinski definition) is 2. The molecule has 0 aliphatic carbocycles. The molecule has 3 aromatic rings. The summed E-state index contributed by atoms with van der Waals surface area (Å²) in [6.07, 6.45) is 0. The number of aryl methyl sites for hydroxylation is 1. The summed E-state index contributed by atoms with van der Waals surface area (Å²) in [6, 6.07) is 8.57. The van der Waals surface area contributed by atoms with E-state index in [2.05, 4.69) is 4.98 Å². The molecule has 2 heterocycles. The first-order valence-electron chi connectivity index (χ1n) is 5.46. The highest BCUT2D eigenvalue weighted by molar-refractivity contribution is 5.98. The van der Waals surface area contributed by atoms with Crippen molar-refractivity contribution in [3.8, 4) is 0 Å². The Morgan fingerprint density at radius 1 is 1.33 bits per heavy atom. The largest absolute Gasteiger partial charge is 0.478 e. The smallest absolute Gasteiger partial charge is 0.339 e. The van der Waals surface area contributed by atoms with Crippen molar-refractivity contribution in [2.24, 2.45) is 0 Å². The summed E-state index contributed by atoms with van der Waals surface area (Å²) in [5, 5.41) is 9.24. The Balaban J connectivity index is 2.66. The molecule has 0 amide bonds. The van der Waals surface area contributed by atoms with Gasteiger partial charge in [-0.1, -0.05) is 12.1 Å². The van der Waals surface area contributed by atoms with E-state index < -0.39 is 5.97 Å². The van der Waals surface area contributed by atoms with Crippen LogP contribution >= 0.6 is 0 Å². The Hall–Kier alpha value is -2.56. The Labute approximate surface area is 101 Å². The minimum Gasteiger partial charge on any atom is -0.478 e. The second kappa shape index (κ2) is 3.46. The number of nitrogens with zero attached hydrogens (tertiary/aromatic N) is 1. The van der Waals surface area contributed by atoms with Crippen LogP contribution in [0.2, 0.25) is 0 Å². The van der Waals surface area contributed by atoms with Gasteiger partial charge in [-0.05, 0) is 24.6 Å². The predicted octanol–water partition coefficient (Wildman–Crippen LogP) is 1.79. The molecule has 3 rings (SSSR count). The van der Waals surface area contributed by atoms with Crippen molar-refractivity contribution in [2.45, 2.75) is 6.92 Å². The molecule has 2 aromatic heterocycles. The molecule has 0 aliphatic rings. The third kappa shape index (κ3) is 1.27. The van der Waals surface area contributed by atoms with Crippen molar-refractivity contribution < 1.29 is 9.90 Å². The summed E-state index contributed by atoms with van der Waals surface area (Å²) in [5.74, 6) is -1.04. The van der Waals surface area contributed by atoms with E-state index >= 15 is 0 Å². The summed E-state index contributed by atoms with van der Waals surface area (Å²) in [5.41, 5.74) is 2.10. The lowest BCUT2D eigenvalue weighted by atomic mass is 10.1. The van der Waals surface area contributed by atoms with Crippen LogP contribution in [0.3, 0.4) is 0 Å². The van der Waals surface area contributed by atoms with E-state index in [1.54, 1.807) is 13.0 Å². The first kappa shape index (κ1) is 10.6. The van der Waals surface area contributed by atoms with Gasteiger partial charge in [-0.15, -0.1) is 0 Å². The molecule has 5 nitrogen and oxygen atoms in total. The second-order valence-corrected chi connectivity index (χ2v) is 4.17. The van der Waals surface area contributed by atoms with Gasteiger partial charge in [0.05, 0.1) is 11.0 Å². The van der Waals surface area contributed by atoms with Gasteiger partial charge in [-0.3, -0.25) is 9.20 Å². The molecule has 0 atom stereocenters. The number of aromatic amines is 1. The van der Waals surface area contributed by atoms with Gasteiger partial charge in [0.15, 0.2) is 0 Å². The number of fused-ring (bicyclic) bond motifs is 3. The monoisotopic (exact) mass is 242 g/mol. The number of aromatic carboxylic acids is 1. The van der Waals surface area contributed by atoms with Crippen molar-refractivity contribution >= 4 is 22.6 Å². The van der Waals surface area contributed by atoms with E-state index in [4.69, 9.17) is 0 Å². The van der Waals surface area contributed by atoms with Gasteiger partial charge < -0.3 is 10.1 Å². The predicted molar refractivity (Wildman–Crippen MR) is 67.2 cm³/mol. The molecule has 0 bridgehead atoms. The van der Waals surface area contributed by atoms with Crippen LogP contribution in [-0.2, 0) is 0 Å². The summed E-state index contributed by atoms with van der Waals surface area (Å²) < 4.78 is 1.39. The maximum absolute atomic E-state index is 12.0. The van der Waals surface area contributed by atoms with E-state index in [-0.39, 0.29) is 11.1 Å². The number of H-pyrrole nitrogens is 1. The average Bonchev–Trinajstić information content (AvgIpc) is 2.66. The molecule has 1 aromatic carbocycles. The highest BCUT2D eigenvalue weighted by Crippen LogP contribution is 2.19. The molecule has 0 unspecified atom stereocenters. The number of benzene rings is 1. The normalized spacial score (nSPS) is 11.2. The Kier molecular flexibility index (Phi) is 2.04. The maximum atomic E-state index is 12.0. The molecule has 18 heavy (non-hydrogen) atoms. The van der Waals surface area contributed by atoms with Gasteiger partial charge in [-0.2, -0.15) is 0 Å². The van der Waals surface area contributed by atoms with Gasteiger partial charge in [0, 0.05) is 6.07 Å². The molecule has 0 spiro atoms. The fraction of sp³-hybridized carbons (Fsp3) is 0.0769. The lowest BCUT2D eigenvalue weighted by Gasteiger charge is -2.02. The molecule has 0 fully saturated rings. The number of rotatable bonds is 1. The standard InChI is InChI=1S/C13H10N2O3/c1-7-6-10(16)15-9-5-3-2-4-8(9)14-12(15)11(7)13(17)18/h2-6,14H,1H3,(H,17,18). The van der Waals surface area contributed by atoms with Crippen LogP contribution in [0.15, 0.2) is 35.1 Å². The van der Waals surface area contributed by atoms with E-state index in [1.807, 2.05) is 18.2 Å². The van der Waals surface area contributed by atoms with Crippen molar-refractivity contribution in [3.63, 3.8) is 0 Å². The number of carboxylic acids is 1. The van der Waals surface area contributed by atoms with Crippen LogP contribution in [0, 0.1) is 6.92 Å². The maximum Gasteiger partial charge on any atom is 0.339 e. The lowest BCUT2D eigenvalue weighted by Crippen LogP contribution is -2.16. The zero-order valence-corrected chi connectivity index (χ0v) is 9.60. The molecule has 0 radical (unpaired) electrons. The van der Waals surface area contributed by atoms with Crippen molar-refractivity contribution in [1.82, 2.24) is 9.38 Å². The number of imidazole rings is 1. The summed E-state index contributed by atoms with van der Waals surface area (Å²) in [4.78, 5) is 26.3. The zero-order valence-electron chi connectivity index (χ0n) is 9.60. The van der Waals surface area contributed by atoms with Gasteiger partial charge >= 0.3 is 5.97 Å². The Morgan fingerprint density at radius 2 is 2.06 bits per heavy atom. The van der Waals surface area contributed by atoms with E-state index in [9.17, 15) is 14.7 Å². The van der Waals surface area contributed by atoms with Gasteiger partial charge in [0.25, 0.3) is 5.56 Å². The highest BCUT2D eigenvalue weighted by atomic mass is 16.4. The molecule has 5 heteroatoms. The van der Waals surface area contributed by atoms with E-state index in [0.717, 1.165) is 5.52 Å². The molecule has 0 aliphatic heterocycles. The number of carbonyl (C=O) groups is 1. The minimum absolute atomic E-state index is 0.130. The third-order valence-electron chi connectivity index (χ3n) is 3.03. The lowest BCUT2D eigenvalue weighted by molar-refractivity contribution is 0.0697. The van der Waals surface area contributed by atoms with Gasteiger partial charge in [0.2, 0.25) is 0 Å². The fourth-order valence-electron chi connectivity index (χ4n) is 2.26. The van der Waals surface area contributed by atoms with E-state index in [1.165, 1.54) is 10.5 Å². The highest BCUT2D eigenvalue weighted by Gasteiger charge is 2.17. The quantitative estimate of drug-likeness (QED) is 0.683. The van der Waals surface area contributed by atoms with E-state index in [0.29, 0.717) is 16.7 Å². The number of hydrogen-bond acceptors (Lipinski definition) is 2. The van der Waals surface area contributed by atoms with Crippen LogP contribution < -0.4 is 5.56 Å². The third-order valence-corrected chi connectivity index (χ3v) is 3.03. The number of carboxylic acid groups (broad SMARTS) is 1. The molecule has 90 valence electrons. The van der Waals surface area contributed by atoms with Crippen LogP contribution in [0.5, 0.6) is 0 Å². The SMILES string of the molecule is Cc1cc(=O)n2c([nH]c3ccccc32)c1C(=O)O. The Morgan fingerprint density at radius 3 is 2.78 bits per heavy atom. The van der Waals surface area contributed by atoms with Crippen LogP contribution in [0.25, 0.3) is 16.7 Å². The van der Waals surface area contributed by atoms with Crippen LogP contribution in [0.4, 0.5) is 0 Å². The van der Waals surface area contributed by atoms with Crippen molar-refractivity contribution in [3.05, 3.63) is 51.8 Å². The molecule has 0 saturated carbocycles. The summed E-state index contributed by atoms with van der Waals surface area (Å²) in [6.45, 7) is 1.62. The summed E-state index contributed by atoms with van der Waals surface area (Å²) >= 11 is 0. The van der Waals surface area contributed by atoms with Crippen molar-refractivity contribution in [1.29, 1.82) is 0 Å². The van der Waals surface area contributed by atoms with Gasteiger partial charge in [0.1, 0.15) is 11.2 Å². The fourth-order valence-corrected chi connectivity index (χ4v) is 2.26. The second-order valence-electron chi connectivity index (χ2n) is 4.17. The average molecular weight is 242 g/mol. The first-order chi connectivity index (χ1) is 8.59. The minimum atomic E-state index is -1.04. The molecular weight excluding hydrogens is 232 g/mol. The molecule has 2 N–H and O–H groups in total. The number of aromatic nitrogens is 2. The molecular formula is C13H10N2O3. The zero-order chi connectivity index (χ0) is 12.9. The van der Waals surface area contributed by atoms with Crippen LogP contribution in [0.1, 0.15) is 15.9 Å². The number of para-hydroxylation sites is 2.